The zero-order chi connectivity index (χ0) is 13.0. The highest BCUT2D eigenvalue weighted by molar-refractivity contribution is 5.75. The normalized spacial score (nSPS) is 16.1. The van der Waals surface area contributed by atoms with E-state index in [0.717, 1.165) is 24.1 Å². The largest absolute Gasteiger partial charge is 0.399 e. The van der Waals surface area contributed by atoms with Crippen molar-refractivity contribution in [3.8, 4) is 0 Å². The number of carbonyl (C=O) groups is 1. The number of amides is 2. The van der Waals surface area contributed by atoms with Crippen LogP contribution in [0.4, 0.5) is 10.5 Å². The zero-order valence-electron chi connectivity index (χ0n) is 10.5. The molecule has 0 spiro atoms. The Bertz CT molecular complexity index is 413. The van der Waals surface area contributed by atoms with Crippen molar-refractivity contribution in [3.05, 3.63) is 29.8 Å². The van der Waals surface area contributed by atoms with Crippen molar-refractivity contribution in [1.29, 1.82) is 0 Å². The number of methoxy groups -OCH3 is 1. The first-order valence-corrected chi connectivity index (χ1v) is 6.07. The second-order valence-corrected chi connectivity index (χ2v) is 4.58. The molecule has 0 saturated heterocycles. The number of hydrogen-bond donors (Lipinski definition) is 3. The summed E-state index contributed by atoms with van der Waals surface area (Å²) in [5.74, 6) is 0. The van der Waals surface area contributed by atoms with Crippen LogP contribution in [0, 0.1) is 0 Å². The van der Waals surface area contributed by atoms with Crippen LogP contribution in [-0.2, 0) is 10.3 Å². The number of benzene rings is 1. The fraction of sp³-hybridized carbons (Fsp3) is 0.462. The Morgan fingerprint density at radius 2 is 2.06 bits per heavy atom. The van der Waals surface area contributed by atoms with Crippen LogP contribution in [0.5, 0.6) is 0 Å². The number of ether oxygens (including phenoxy) is 1. The Morgan fingerprint density at radius 1 is 1.39 bits per heavy atom. The van der Waals surface area contributed by atoms with Gasteiger partial charge in [-0.1, -0.05) is 12.1 Å². The Hall–Kier alpha value is -1.75. The summed E-state index contributed by atoms with van der Waals surface area (Å²) in [4.78, 5) is 11.7. The van der Waals surface area contributed by atoms with Gasteiger partial charge in [-0.3, -0.25) is 0 Å². The van der Waals surface area contributed by atoms with Crippen LogP contribution in [-0.4, -0.2) is 26.3 Å². The summed E-state index contributed by atoms with van der Waals surface area (Å²) in [6.45, 7) is 1.03. The minimum absolute atomic E-state index is 0.152. The number of anilines is 1. The second-order valence-electron chi connectivity index (χ2n) is 4.58. The van der Waals surface area contributed by atoms with Crippen molar-refractivity contribution in [2.45, 2.75) is 18.4 Å². The minimum Gasteiger partial charge on any atom is -0.399 e. The molecule has 18 heavy (non-hydrogen) atoms. The highest BCUT2D eigenvalue weighted by Crippen LogP contribution is 2.45. The van der Waals surface area contributed by atoms with Gasteiger partial charge in [-0.05, 0) is 30.5 Å². The van der Waals surface area contributed by atoms with Crippen LogP contribution in [0.1, 0.15) is 18.4 Å². The smallest absolute Gasteiger partial charge is 0.315 e. The minimum atomic E-state index is -0.204. The zero-order valence-corrected chi connectivity index (χ0v) is 10.5. The summed E-state index contributed by atoms with van der Waals surface area (Å²) >= 11 is 0. The first-order chi connectivity index (χ1) is 8.66. The van der Waals surface area contributed by atoms with Crippen LogP contribution in [0.15, 0.2) is 24.3 Å². The van der Waals surface area contributed by atoms with Crippen LogP contribution in [0.25, 0.3) is 0 Å². The van der Waals surface area contributed by atoms with Crippen LogP contribution >= 0.6 is 0 Å². The topological polar surface area (TPSA) is 76.4 Å². The van der Waals surface area contributed by atoms with E-state index in [1.54, 1.807) is 7.11 Å². The maximum absolute atomic E-state index is 11.7. The first kappa shape index (κ1) is 12.7. The number of urea groups is 1. The molecule has 0 atom stereocenters. The molecule has 1 aliphatic rings. The molecule has 0 unspecified atom stereocenters. The van der Waals surface area contributed by atoms with E-state index in [9.17, 15) is 4.79 Å². The van der Waals surface area contributed by atoms with E-state index >= 15 is 0 Å². The molecule has 2 amide bonds. The number of hydrogen-bond acceptors (Lipinski definition) is 3. The number of rotatable bonds is 5. The Labute approximate surface area is 107 Å². The third-order valence-corrected chi connectivity index (χ3v) is 3.16. The number of nitrogens with one attached hydrogen (secondary N) is 2. The predicted molar refractivity (Wildman–Crippen MR) is 70.2 cm³/mol. The fourth-order valence-electron chi connectivity index (χ4n) is 1.94. The Kier molecular flexibility index (Phi) is 3.72. The van der Waals surface area contributed by atoms with E-state index in [2.05, 4.69) is 10.6 Å². The van der Waals surface area contributed by atoms with Crippen molar-refractivity contribution in [3.63, 3.8) is 0 Å². The molecule has 5 nitrogen and oxygen atoms in total. The quantitative estimate of drug-likeness (QED) is 0.542. The van der Waals surface area contributed by atoms with Crippen molar-refractivity contribution in [2.24, 2.45) is 0 Å². The summed E-state index contributed by atoms with van der Waals surface area (Å²) in [6.07, 6.45) is 1.93. The molecular weight excluding hydrogens is 230 g/mol. The molecule has 4 N–H and O–H groups in total. The average Bonchev–Trinajstić information content (AvgIpc) is 3.11. The summed E-state index contributed by atoms with van der Waals surface area (Å²) in [5.41, 5.74) is 7.30. The summed E-state index contributed by atoms with van der Waals surface area (Å²) < 4.78 is 4.88. The standard InChI is InChI=1S/C13H19N3O2/c1-18-9-8-15-12(17)16-13(6-7-13)10-2-4-11(14)5-3-10/h2-5H,6-9,14H2,1H3,(H2,15,16,17). The number of nitrogen functional groups attached to an aromatic ring is 1. The molecule has 0 radical (unpaired) electrons. The van der Waals surface area contributed by atoms with Crippen LogP contribution in [0.2, 0.25) is 0 Å². The van der Waals surface area contributed by atoms with Gasteiger partial charge in [-0.15, -0.1) is 0 Å². The summed E-state index contributed by atoms with van der Waals surface area (Å²) in [6, 6.07) is 7.51. The molecular formula is C13H19N3O2. The van der Waals surface area contributed by atoms with E-state index in [4.69, 9.17) is 10.5 Å². The Morgan fingerprint density at radius 3 is 2.61 bits per heavy atom. The fourth-order valence-corrected chi connectivity index (χ4v) is 1.94. The van der Waals surface area contributed by atoms with Gasteiger partial charge in [-0.25, -0.2) is 4.79 Å². The molecule has 1 saturated carbocycles. The summed E-state index contributed by atoms with van der Waals surface area (Å²) in [7, 11) is 1.61. The third kappa shape index (κ3) is 2.92. The van der Waals surface area contributed by atoms with Crippen LogP contribution in [0.3, 0.4) is 0 Å². The molecule has 0 aliphatic heterocycles. The van der Waals surface area contributed by atoms with Gasteiger partial charge in [0.15, 0.2) is 0 Å². The van der Waals surface area contributed by atoms with Crippen molar-refractivity contribution in [1.82, 2.24) is 10.6 Å². The first-order valence-electron chi connectivity index (χ1n) is 6.07. The van der Waals surface area contributed by atoms with E-state index in [0.29, 0.717) is 13.2 Å². The molecule has 1 aromatic rings. The van der Waals surface area contributed by atoms with Gasteiger partial charge >= 0.3 is 6.03 Å². The van der Waals surface area contributed by atoms with Crippen molar-refractivity contribution in [2.75, 3.05) is 26.0 Å². The van der Waals surface area contributed by atoms with E-state index < -0.39 is 0 Å². The lowest BCUT2D eigenvalue weighted by Crippen LogP contribution is -2.43. The lowest BCUT2D eigenvalue weighted by atomic mass is 10.0. The van der Waals surface area contributed by atoms with Gasteiger partial charge in [0.1, 0.15) is 0 Å². The maximum atomic E-state index is 11.7. The van der Waals surface area contributed by atoms with Crippen LogP contribution < -0.4 is 16.4 Å². The lowest BCUT2D eigenvalue weighted by molar-refractivity contribution is 0.194. The molecule has 2 rings (SSSR count). The van der Waals surface area contributed by atoms with Crippen molar-refractivity contribution >= 4 is 11.7 Å². The van der Waals surface area contributed by atoms with E-state index in [1.807, 2.05) is 24.3 Å². The monoisotopic (exact) mass is 249 g/mol. The van der Waals surface area contributed by atoms with E-state index in [-0.39, 0.29) is 11.6 Å². The number of nitrogens with two attached hydrogens (primary N) is 1. The molecule has 0 bridgehead atoms. The van der Waals surface area contributed by atoms with Gasteiger partial charge in [0.25, 0.3) is 0 Å². The molecule has 1 fully saturated rings. The SMILES string of the molecule is COCCNC(=O)NC1(c2ccc(N)cc2)CC1. The molecule has 98 valence electrons. The summed E-state index contributed by atoms with van der Waals surface area (Å²) in [5, 5.41) is 5.78. The van der Waals surface area contributed by atoms with Gasteiger partial charge in [0.2, 0.25) is 0 Å². The van der Waals surface area contributed by atoms with Crippen molar-refractivity contribution < 1.29 is 9.53 Å². The molecule has 1 aliphatic carbocycles. The molecule has 0 aromatic heterocycles. The predicted octanol–water partition coefficient (Wildman–Crippen LogP) is 1.20. The number of carbonyl (C=O) groups excluding carboxylic acids is 1. The molecule has 0 heterocycles. The maximum Gasteiger partial charge on any atom is 0.315 e. The van der Waals surface area contributed by atoms with E-state index in [1.165, 1.54) is 0 Å². The lowest BCUT2D eigenvalue weighted by Gasteiger charge is -2.18. The second kappa shape index (κ2) is 5.27. The Balaban J connectivity index is 1.92. The highest BCUT2D eigenvalue weighted by atomic mass is 16.5. The molecule has 5 heteroatoms. The van der Waals surface area contributed by atoms with Gasteiger partial charge in [-0.2, -0.15) is 0 Å². The van der Waals surface area contributed by atoms with Gasteiger partial charge in [0, 0.05) is 19.3 Å². The van der Waals surface area contributed by atoms with Gasteiger partial charge in [0.05, 0.1) is 12.1 Å². The molecule has 1 aromatic carbocycles. The third-order valence-electron chi connectivity index (χ3n) is 3.16. The average molecular weight is 249 g/mol. The highest BCUT2D eigenvalue weighted by Gasteiger charge is 2.45. The van der Waals surface area contributed by atoms with Gasteiger partial charge < -0.3 is 21.1 Å².